The van der Waals surface area contributed by atoms with Gasteiger partial charge in [0.25, 0.3) is 0 Å². The molecule has 3 heteroatoms. The molecule has 18 heavy (non-hydrogen) atoms. The Bertz CT molecular complexity index is 392. The maximum absolute atomic E-state index is 9.44. The van der Waals surface area contributed by atoms with Gasteiger partial charge in [0.2, 0.25) is 0 Å². The van der Waals surface area contributed by atoms with Crippen LogP contribution in [0.2, 0.25) is 0 Å². The van der Waals surface area contributed by atoms with Gasteiger partial charge >= 0.3 is 0 Å². The first kappa shape index (κ1) is 13.3. The summed E-state index contributed by atoms with van der Waals surface area (Å²) < 4.78 is 0. The van der Waals surface area contributed by atoms with Crippen LogP contribution in [0.5, 0.6) is 0 Å². The molecule has 1 aliphatic heterocycles. The van der Waals surface area contributed by atoms with Crippen LogP contribution in [-0.4, -0.2) is 23.2 Å². The maximum atomic E-state index is 9.44. The Morgan fingerprint density at radius 3 is 2.94 bits per heavy atom. The lowest BCUT2D eigenvalue weighted by molar-refractivity contribution is 0.281. The zero-order chi connectivity index (χ0) is 13.0. The van der Waals surface area contributed by atoms with Crippen molar-refractivity contribution in [3.05, 3.63) is 23.5 Å². The second-order valence-corrected chi connectivity index (χ2v) is 5.30. The number of aliphatic hydroxyl groups is 1. The van der Waals surface area contributed by atoms with Crippen LogP contribution in [0, 0.1) is 12.8 Å². The van der Waals surface area contributed by atoms with Gasteiger partial charge in [0.05, 0.1) is 6.61 Å². The van der Waals surface area contributed by atoms with E-state index in [1.54, 1.807) is 0 Å². The molecule has 1 saturated heterocycles. The number of aliphatic hydroxyl groups excluding tert-OH is 1. The van der Waals surface area contributed by atoms with E-state index in [2.05, 4.69) is 22.9 Å². The summed E-state index contributed by atoms with van der Waals surface area (Å²) in [5.41, 5.74) is 3.16. The number of pyridine rings is 1. The SMILES string of the molecule is CCC1CCCN(c2cc(C)ncc2CO)CC1. The number of hydrogen-bond acceptors (Lipinski definition) is 3. The van der Waals surface area contributed by atoms with Crippen LogP contribution in [0.25, 0.3) is 0 Å². The molecule has 0 saturated carbocycles. The second-order valence-electron chi connectivity index (χ2n) is 5.30. The first-order chi connectivity index (χ1) is 8.74. The van der Waals surface area contributed by atoms with E-state index in [9.17, 15) is 5.11 Å². The molecule has 0 aliphatic carbocycles. The quantitative estimate of drug-likeness (QED) is 0.893. The van der Waals surface area contributed by atoms with Crippen molar-refractivity contribution in [1.29, 1.82) is 0 Å². The summed E-state index contributed by atoms with van der Waals surface area (Å²) in [5, 5.41) is 9.44. The fourth-order valence-corrected chi connectivity index (χ4v) is 2.80. The molecule has 0 radical (unpaired) electrons. The molecule has 0 amide bonds. The van der Waals surface area contributed by atoms with E-state index < -0.39 is 0 Å². The van der Waals surface area contributed by atoms with Gasteiger partial charge < -0.3 is 10.0 Å². The van der Waals surface area contributed by atoms with Gasteiger partial charge in [0, 0.05) is 36.2 Å². The van der Waals surface area contributed by atoms with Gasteiger partial charge in [0.15, 0.2) is 0 Å². The molecule has 2 heterocycles. The van der Waals surface area contributed by atoms with E-state index in [1.807, 2.05) is 13.1 Å². The summed E-state index contributed by atoms with van der Waals surface area (Å²) in [7, 11) is 0. The average Bonchev–Trinajstić information content (AvgIpc) is 2.63. The number of rotatable bonds is 3. The minimum atomic E-state index is 0.0797. The molecular formula is C15H24N2O. The fourth-order valence-electron chi connectivity index (χ4n) is 2.80. The maximum Gasteiger partial charge on any atom is 0.0717 e. The molecule has 1 fully saturated rings. The molecule has 1 atom stereocenters. The largest absolute Gasteiger partial charge is 0.392 e. The van der Waals surface area contributed by atoms with Crippen LogP contribution in [0.3, 0.4) is 0 Å². The molecule has 1 N–H and O–H groups in total. The highest BCUT2D eigenvalue weighted by Gasteiger charge is 2.18. The lowest BCUT2D eigenvalue weighted by Gasteiger charge is -2.25. The van der Waals surface area contributed by atoms with Crippen LogP contribution >= 0.6 is 0 Å². The van der Waals surface area contributed by atoms with Gasteiger partial charge in [-0.05, 0) is 38.2 Å². The number of aryl methyl sites for hydroxylation is 1. The van der Waals surface area contributed by atoms with E-state index >= 15 is 0 Å². The van der Waals surface area contributed by atoms with Gasteiger partial charge in [-0.2, -0.15) is 0 Å². The summed E-state index contributed by atoms with van der Waals surface area (Å²) >= 11 is 0. The van der Waals surface area contributed by atoms with Crippen molar-refractivity contribution >= 4 is 5.69 Å². The summed E-state index contributed by atoms with van der Waals surface area (Å²) in [4.78, 5) is 6.70. The summed E-state index contributed by atoms with van der Waals surface area (Å²) in [5.74, 6) is 0.871. The van der Waals surface area contributed by atoms with Crippen LogP contribution in [-0.2, 0) is 6.61 Å². The Morgan fingerprint density at radius 1 is 1.39 bits per heavy atom. The molecule has 0 spiro atoms. The van der Waals surface area contributed by atoms with Gasteiger partial charge in [-0.15, -0.1) is 0 Å². The van der Waals surface area contributed by atoms with E-state index in [1.165, 1.54) is 31.4 Å². The monoisotopic (exact) mass is 248 g/mol. The zero-order valence-electron chi connectivity index (χ0n) is 11.5. The highest BCUT2D eigenvalue weighted by Crippen LogP contribution is 2.27. The van der Waals surface area contributed by atoms with E-state index in [0.717, 1.165) is 30.3 Å². The predicted octanol–water partition coefficient (Wildman–Crippen LogP) is 2.90. The van der Waals surface area contributed by atoms with Gasteiger partial charge in [-0.25, -0.2) is 0 Å². The highest BCUT2D eigenvalue weighted by atomic mass is 16.3. The van der Waals surface area contributed by atoms with Crippen molar-refractivity contribution in [1.82, 2.24) is 4.98 Å². The van der Waals surface area contributed by atoms with Crippen molar-refractivity contribution in [2.45, 2.75) is 46.1 Å². The normalized spacial score (nSPS) is 20.8. The third kappa shape index (κ3) is 3.02. The van der Waals surface area contributed by atoms with E-state index in [0.29, 0.717) is 0 Å². The van der Waals surface area contributed by atoms with E-state index in [-0.39, 0.29) is 6.61 Å². The average molecular weight is 248 g/mol. The van der Waals surface area contributed by atoms with Crippen LogP contribution < -0.4 is 4.90 Å². The number of aromatic nitrogens is 1. The molecular weight excluding hydrogens is 224 g/mol. The van der Waals surface area contributed by atoms with Crippen molar-refractivity contribution in [3.8, 4) is 0 Å². The van der Waals surface area contributed by atoms with Crippen LogP contribution in [0.1, 0.15) is 43.9 Å². The zero-order valence-corrected chi connectivity index (χ0v) is 11.5. The lowest BCUT2D eigenvalue weighted by atomic mass is 9.98. The molecule has 1 aromatic heterocycles. The van der Waals surface area contributed by atoms with Crippen LogP contribution in [0.4, 0.5) is 5.69 Å². The molecule has 1 aliphatic rings. The number of nitrogens with zero attached hydrogens (tertiary/aromatic N) is 2. The second kappa shape index (κ2) is 6.19. The summed E-state index contributed by atoms with van der Waals surface area (Å²) in [6.45, 7) is 6.59. The van der Waals surface area contributed by atoms with Gasteiger partial charge in [-0.1, -0.05) is 13.3 Å². The molecule has 0 aromatic carbocycles. The third-order valence-corrected chi connectivity index (χ3v) is 4.03. The Balaban J connectivity index is 2.17. The molecule has 1 unspecified atom stereocenters. The molecule has 2 rings (SSSR count). The Labute approximate surface area is 110 Å². The fraction of sp³-hybridized carbons (Fsp3) is 0.667. The molecule has 3 nitrogen and oxygen atoms in total. The minimum absolute atomic E-state index is 0.0797. The minimum Gasteiger partial charge on any atom is -0.392 e. The Hall–Kier alpha value is -1.09. The van der Waals surface area contributed by atoms with Crippen molar-refractivity contribution < 1.29 is 5.11 Å². The molecule has 0 bridgehead atoms. The molecule has 100 valence electrons. The summed E-state index contributed by atoms with van der Waals surface area (Å²) in [6.07, 6.45) is 6.96. The standard InChI is InChI=1S/C15H24N2O/c1-3-13-5-4-7-17(8-6-13)15-9-12(2)16-10-14(15)11-18/h9-10,13,18H,3-8,11H2,1-2H3. The predicted molar refractivity (Wildman–Crippen MR) is 74.7 cm³/mol. The smallest absolute Gasteiger partial charge is 0.0717 e. The summed E-state index contributed by atoms with van der Waals surface area (Å²) in [6, 6.07) is 2.11. The first-order valence-corrected chi connectivity index (χ1v) is 7.06. The van der Waals surface area contributed by atoms with Crippen molar-refractivity contribution in [2.75, 3.05) is 18.0 Å². The van der Waals surface area contributed by atoms with Crippen molar-refractivity contribution in [2.24, 2.45) is 5.92 Å². The van der Waals surface area contributed by atoms with Crippen molar-refractivity contribution in [3.63, 3.8) is 0 Å². The topological polar surface area (TPSA) is 36.4 Å². The van der Waals surface area contributed by atoms with Crippen LogP contribution in [0.15, 0.2) is 12.3 Å². The van der Waals surface area contributed by atoms with E-state index in [4.69, 9.17) is 0 Å². The van der Waals surface area contributed by atoms with Gasteiger partial charge in [-0.3, -0.25) is 4.98 Å². The Morgan fingerprint density at radius 2 is 2.22 bits per heavy atom. The first-order valence-electron chi connectivity index (χ1n) is 7.06. The lowest BCUT2D eigenvalue weighted by Crippen LogP contribution is -2.25. The number of hydrogen-bond donors (Lipinski definition) is 1. The molecule has 1 aromatic rings. The Kier molecular flexibility index (Phi) is 4.59. The highest BCUT2D eigenvalue weighted by molar-refractivity contribution is 5.53. The van der Waals surface area contributed by atoms with Gasteiger partial charge in [0.1, 0.15) is 0 Å². The third-order valence-electron chi connectivity index (χ3n) is 4.03. The number of anilines is 1.